The first kappa shape index (κ1) is 18.2. The Kier molecular flexibility index (Phi) is 5.13. The molecule has 0 spiro atoms. The third-order valence-electron chi connectivity index (χ3n) is 4.86. The molecule has 8 nitrogen and oxygen atoms in total. The van der Waals surface area contributed by atoms with Crippen molar-refractivity contribution in [2.24, 2.45) is 0 Å². The zero-order valence-corrected chi connectivity index (χ0v) is 14.9. The van der Waals surface area contributed by atoms with Gasteiger partial charge in [0.15, 0.2) is 0 Å². The highest BCUT2D eigenvalue weighted by atomic mass is 16.3. The molecule has 0 radical (unpaired) electrons. The van der Waals surface area contributed by atoms with Gasteiger partial charge in [-0.25, -0.2) is 4.79 Å². The van der Waals surface area contributed by atoms with Crippen LogP contribution >= 0.6 is 0 Å². The van der Waals surface area contributed by atoms with Crippen LogP contribution in [0.25, 0.3) is 0 Å². The Morgan fingerprint density at radius 2 is 2.19 bits per heavy atom. The number of nitrogens with one attached hydrogen (secondary N) is 3. The summed E-state index contributed by atoms with van der Waals surface area (Å²) in [7, 11) is 0. The van der Waals surface area contributed by atoms with Crippen LogP contribution in [-0.4, -0.2) is 58.6 Å². The molecule has 4 N–H and O–H groups in total. The van der Waals surface area contributed by atoms with Crippen LogP contribution < -0.4 is 16.0 Å². The van der Waals surface area contributed by atoms with Gasteiger partial charge in [0.1, 0.15) is 12.1 Å². The second-order valence-electron chi connectivity index (χ2n) is 6.82. The van der Waals surface area contributed by atoms with Crippen molar-refractivity contribution in [1.82, 2.24) is 15.5 Å². The minimum atomic E-state index is -0.964. The molecule has 8 heteroatoms. The highest BCUT2D eigenvalue weighted by Crippen LogP contribution is 2.23. The van der Waals surface area contributed by atoms with Crippen molar-refractivity contribution in [2.45, 2.75) is 50.9 Å². The van der Waals surface area contributed by atoms with E-state index in [-0.39, 0.29) is 30.4 Å². The lowest BCUT2D eigenvalue weighted by molar-refractivity contribution is -0.149. The van der Waals surface area contributed by atoms with E-state index in [1.807, 2.05) is 25.1 Å². The maximum atomic E-state index is 12.4. The zero-order valence-electron chi connectivity index (χ0n) is 14.9. The molecule has 1 aromatic carbocycles. The second kappa shape index (κ2) is 7.33. The highest BCUT2D eigenvalue weighted by Gasteiger charge is 2.47. The molecule has 2 aliphatic heterocycles. The Hall–Kier alpha value is -2.61. The van der Waals surface area contributed by atoms with Crippen LogP contribution in [0, 0.1) is 0 Å². The number of rotatable bonds is 4. The van der Waals surface area contributed by atoms with Gasteiger partial charge in [0.25, 0.3) is 0 Å². The number of anilines is 1. The van der Waals surface area contributed by atoms with E-state index >= 15 is 0 Å². The standard InChI is InChI=1S/C18H24N4O4/c1-3-11-5-4-6-12(7-11)19-18(26)20-13-8-14-16(24)21-15(10(2)23)17(25)22(14)9-13/h4-7,10,13-15,23H,3,8-9H2,1-2H3,(H,21,24)(H2,19,20,26)/t10-,13-,14-,15+/m0/s1. The summed E-state index contributed by atoms with van der Waals surface area (Å²) < 4.78 is 0. The maximum Gasteiger partial charge on any atom is 0.319 e. The molecular weight excluding hydrogens is 336 g/mol. The summed E-state index contributed by atoms with van der Waals surface area (Å²) in [6, 6.07) is 5.35. The van der Waals surface area contributed by atoms with Gasteiger partial charge in [-0.3, -0.25) is 9.59 Å². The molecule has 2 saturated heterocycles. The number of amides is 4. The number of piperazine rings is 1. The van der Waals surface area contributed by atoms with Crippen LogP contribution in [-0.2, 0) is 16.0 Å². The first-order valence-electron chi connectivity index (χ1n) is 8.84. The van der Waals surface area contributed by atoms with Crippen molar-refractivity contribution < 1.29 is 19.5 Å². The van der Waals surface area contributed by atoms with E-state index in [4.69, 9.17) is 0 Å². The third kappa shape index (κ3) is 3.65. The van der Waals surface area contributed by atoms with Gasteiger partial charge in [0.05, 0.1) is 12.1 Å². The van der Waals surface area contributed by atoms with Crippen LogP contribution in [0.4, 0.5) is 10.5 Å². The largest absolute Gasteiger partial charge is 0.391 e. The van der Waals surface area contributed by atoms with E-state index in [0.29, 0.717) is 12.1 Å². The molecule has 140 valence electrons. The summed E-state index contributed by atoms with van der Waals surface area (Å²) in [5.74, 6) is -0.610. The van der Waals surface area contributed by atoms with Gasteiger partial charge in [-0.05, 0) is 37.5 Å². The minimum Gasteiger partial charge on any atom is -0.391 e. The minimum absolute atomic E-state index is 0.253. The normalized spacial score (nSPS) is 26.1. The van der Waals surface area contributed by atoms with Gasteiger partial charge >= 0.3 is 6.03 Å². The molecular formula is C18H24N4O4. The summed E-state index contributed by atoms with van der Waals surface area (Å²) in [5.41, 5.74) is 1.81. The molecule has 4 atom stereocenters. The molecule has 2 fully saturated rings. The van der Waals surface area contributed by atoms with E-state index in [0.717, 1.165) is 12.0 Å². The van der Waals surface area contributed by atoms with Crippen LogP contribution in [0.15, 0.2) is 24.3 Å². The van der Waals surface area contributed by atoms with Crippen molar-refractivity contribution >= 4 is 23.5 Å². The van der Waals surface area contributed by atoms with Crippen LogP contribution in [0.5, 0.6) is 0 Å². The average molecular weight is 360 g/mol. The smallest absolute Gasteiger partial charge is 0.319 e. The summed E-state index contributed by atoms with van der Waals surface area (Å²) in [4.78, 5) is 38.3. The zero-order chi connectivity index (χ0) is 18.8. The fourth-order valence-corrected chi connectivity index (χ4v) is 3.47. The molecule has 0 unspecified atom stereocenters. The number of carbonyl (C=O) groups is 3. The first-order valence-corrected chi connectivity index (χ1v) is 8.84. The number of aliphatic hydroxyl groups is 1. The summed E-state index contributed by atoms with van der Waals surface area (Å²) in [6.07, 6.45) is 0.262. The molecule has 0 aliphatic carbocycles. The van der Waals surface area contributed by atoms with Crippen molar-refractivity contribution in [1.29, 1.82) is 0 Å². The molecule has 2 heterocycles. The predicted octanol–water partition coefficient (Wildman–Crippen LogP) is 0.219. The average Bonchev–Trinajstić information content (AvgIpc) is 3.02. The number of carbonyl (C=O) groups excluding carboxylic acids is 3. The van der Waals surface area contributed by atoms with Crippen molar-refractivity contribution in [2.75, 3.05) is 11.9 Å². The van der Waals surface area contributed by atoms with Crippen molar-refractivity contribution in [3.05, 3.63) is 29.8 Å². The summed E-state index contributed by atoms with van der Waals surface area (Å²) in [6.45, 7) is 3.76. The molecule has 0 saturated carbocycles. The maximum absolute atomic E-state index is 12.4. The van der Waals surface area contributed by atoms with Crippen LogP contribution in [0.1, 0.15) is 25.8 Å². The third-order valence-corrected chi connectivity index (χ3v) is 4.86. The number of nitrogens with zero attached hydrogens (tertiary/aromatic N) is 1. The van der Waals surface area contributed by atoms with Crippen molar-refractivity contribution in [3.8, 4) is 0 Å². The molecule has 26 heavy (non-hydrogen) atoms. The van der Waals surface area contributed by atoms with E-state index in [1.165, 1.54) is 11.8 Å². The number of hydrogen-bond donors (Lipinski definition) is 4. The van der Waals surface area contributed by atoms with Gasteiger partial charge < -0.3 is 26.0 Å². The Labute approximate surface area is 151 Å². The van der Waals surface area contributed by atoms with Crippen LogP contribution in [0.2, 0.25) is 0 Å². The monoisotopic (exact) mass is 360 g/mol. The van der Waals surface area contributed by atoms with Crippen molar-refractivity contribution in [3.63, 3.8) is 0 Å². The molecule has 0 aromatic heterocycles. The summed E-state index contributed by atoms with van der Waals surface area (Å²) in [5, 5.41) is 17.8. The van der Waals surface area contributed by atoms with Gasteiger partial charge in [-0.15, -0.1) is 0 Å². The fraction of sp³-hybridized carbons (Fsp3) is 0.500. The van der Waals surface area contributed by atoms with E-state index in [1.54, 1.807) is 6.07 Å². The van der Waals surface area contributed by atoms with Gasteiger partial charge in [-0.2, -0.15) is 0 Å². The second-order valence-corrected chi connectivity index (χ2v) is 6.82. The number of aryl methyl sites for hydroxylation is 1. The lowest BCUT2D eigenvalue weighted by Crippen LogP contribution is -2.64. The highest BCUT2D eigenvalue weighted by molar-refractivity contribution is 5.98. The predicted molar refractivity (Wildman–Crippen MR) is 95.5 cm³/mol. The SMILES string of the molecule is CCc1cccc(NC(=O)N[C@H]2C[C@H]3C(=O)N[C@H]([C@H](C)O)C(=O)N3C2)c1. The quantitative estimate of drug-likeness (QED) is 0.615. The molecule has 2 aliphatic rings. The number of hydrogen-bond acceptors (Lipinski definition) is 4. The fourth-order valence-electron chi connectivity index (χ4n) is 3.47. The van der Waals surface area contributed by atoms with E-state index < -0.39 is 18.2 Å². The molecule has 1 aromatic rings. The Bertz CT molecular complexity index is 721. The van der Waals surface area contributed by atoms with Gasteiger partial charge in [-0.1, -0.05) is 19.1 Å². The number of benzene rings is 1. The number of aliphatic hydroxyl groups excluding tert-OH is 1. The van der Waals surface area contributed by atoms with Gasteiger partial charge in [0, 0.05) is 12.2 Å². The van der Waals surface area contributed by atoms with E-state index in [2.05, 4.69) is 16.0 Å². The number of urea groups is 1. The lowest BCUT2D eigenvalue weighted by atomic mass is 10.0. The molecule has 3 rings (SSSR count). The van der Waals surface area contributed by atoms with E-state index in [9.17, 15) is 19.5 Å². The van der Waals surface area contributed by atoms with Crippen LogP contribution in [0.3, 0.4) is 0 Å². The molecule has 0 bridgehead atoms. The number of fused-ring (bicyclic) bond motifs is 1. The molecule has 4 amide bonds. The summed E-state index contributed by atoms with van der Waals surface area (Å²) >= 11 is 0. The topological polar surface area (TPSA) is 111 Å². The van der Waals surface area contributed by atoms with Gasteiger partial charge in [0.2, 0.25) is 11.8 Å². The Balaban J connectivity index is 1.61. The Morgan fingerprint density at radius 3 is 2.88 bits per heavy atom. The lowest BCUT2D eigenvalue weighted by Gasteiger charge is -2.35. The first-order chi connectivity index (χ1) is 12.4. The Morgan fingerprint density at radius 1 is 1.42 bits per heavy atom.